The van der Waals surface area contributed by atoms with Gasteiger partial charge in [0.1, 0.15) is 5.15 Å². The van der Waals surface area contributed by atoms with Crippen molar-refractivity contribution >= 4 is 23.2 Å². The van der Waals surface area contributed by atoms with Crippen LogP contribution < -0.4 is 4.90 Å². The molecule has 0 aliphatic rings. The number of nitrogens with zero attached hydrogens (tertiary/aromatic N) is 2. The Morgan fingerprint density at radius 1 is 1.16 bits per heavy atom. The maximum atomic E-state index is 12.4. The average Bonchev–Trinajstić information content (AvgIpc) is 2.36. The Bertz CT molecular complexity index is 605. The number of carbonyl (C=O) groups excluding carboxylic acids is 1. The number of hydrogen-bond donors (Lipinski definition) is 0. The summed E-state index contributed by atoms with van der Waals surface area (Å²) in [6.07, 6.45) is 1.53. The highest BCUT2D eigenvalue weighted by atomic mass is 35.5. The molecule has 0 aliphatic heterocycles. The normalized spacial score (nSPS) is 10.3. The van der Waals surface area contributed by atoms with E-state index in [1.54, 1.807) is 24.1 Å². The van der Waals surface area contributed by atoms with Crippen LogP contribution in [0.1, 0.15) is 21.5 Å². The smallest absolute Gasteiger partial charge is 0.258 e. The first-order chi connectivity index (χ1) is 8.97. The number of carbonyl (C=O) groups is 1. The Balaban J connectivity index is 2.33. The van der Waals surface area contributed by atoms with E-state index in [9.17, 15) is 4.79 Å². The van der Waals surface area contributed by atoms with Crippen molar-refractivity contribution in [3.8, 4) is 0 Å². The molecule has 19 heavy (non-hydrogen) atoms. The van der Waals surface area contributed by atoms with Crippen LogP contribution in [0.2, 0.25) is 5.15 Å². The monoisotopic (exact) mass is 274 g/mol. The molecule has 0 spiro atoms. The summed E-state index contributed by atoms with van der Waals surface area (Å²) in [4.78, 5) is 17.9. The van der Waals surface area contributed by atoms with E-state index in [0.29, 0.717) is 10.7 Å². The van der Waals surface area contributed by atoms with Gasteiger partial charge in [-0.05, 0) is 49.2 Å². The highest BCUT2D eigenvalue weighted by Crippen LogP contribution is 2.20. The number of aromatic nitrogens is 1. The van der Waals surface area contributed by atoms with Gasteiger partial charge in [0.25, 0.3) is 5.91 Å². The second kappa shape index (κ2) is 5.41. The number of halogens is 1. The molecule has 1 heterocycles. The number of pyridine rings is 1. The van der Waals surface area contributed by atoms with Crippen LogP contribution in [0.4, 0.5) is 5.69 Å². The van der Waals surface area contributed by atoms with Crippen LogP contribution >= 0.6 is 11.6 Å². The van der Waals surface area contributed by atoms with Crippen molar-refractivity contribution in [3.63, 3.8) is 0 Å². The van der Waals surface area contributed by atoms with Gasteiger partial charge >= 0.3 is 0 Å². The van der Waals surface area contributed by atoms with Gasteiger partial charge in [0.15, 0.2) is 0 Å². The van der Waals surface area contributed by atoms with Gasteiger partial charge in [-0.15, -0.1) is 0 Å². The van der Waals surface area contributed by atoms with E-state index in [1.807, 2.05) is 26.0 Å². The van der Waals surface area contributed by atoms with E-state index in [4.69, 9.17) is 11.6 Å². The van der Waals surface area contributed by atoms with Crippen LogP contribution in [0.3, 0.4) is 0 Å². The predicted octanol–water partition coefficient (Wildman–Crippen LogP) is 3.63. The maximum Gasteiger partial charge on any atom is 0.258 e. The summed E-state index contributed by atoms with van der Waals surface area (Å²) in [6, 6.07) is 9.27. The number of rotatable bonds is 2. The summed E-state index contributed by atoms with van der Waals surface area (Å²) in [7, 11) is 1.75. The second-order valence-corrected chi connectivity index (χ2v) is 4.96. The summed E-state index contributed by atoms with van der Waals surface area (Å²) < 4.78 is 0. The van der Waals surface area contributed by atoms with Gasteiger partial charge < -0.3 is 4.90 Å². The number of aryl methyl sites for hydroxylation is 2. The number of amides is 1. The number of hydrogen-bond acceptors (Lipinski definition) is 2. The van der Waals surface area contributed by atoms with Gasteiger partial charge in [-0.2, -0.15) is 0 Å². The third-order valence-corrected chi connectivity index (χ3v) is 3.08. The molecule has 0 bridgehead atoms. The Morgan fingerprint density at radius 3 is 2.37 bits per heavy atom. The minimum Gasteiger partial charge on any atom is -0.311 e. The molecule has 2 rings (SSSR count). The lowest BCUT2D eigenvalue weighted by Gasteiger charge is -2.18. The minimum atomic E-state index is -0.102. The van der Waals surface area contributed by atoms with Crippen LogP contribution in [-0.4, -0.2) is 17.9 Å². The molecule has 98 valence electrons. The Morgan fingerprint density at radius 2 is 1.79 bits per heavy atom. The van der Waals surface area contributed by atoms with Crippen LogP contribution in [0, 0.1) is 13.8 Å². The highest BCUT2D eigenvalue weighted by molar-refractivity contribution is 6.29. The molecule has 0 saturated carbocycles. The summed E-state index contributed by atoms with van der Waals surface area (Å²) >= 11 is 5.81. The van der Waals surface area contributed by atoms with Crippen molar-refractivity contribution in [1.82, 2.24) is 4.98 Å². The highest BCUT2D eigenvalue weighted by Gasteiger charge is 2.14. The van der Waals surface area contributed by atoms with E-state index in [1.165, 1.54) is 6.20 Å². The molecule has 0 radical (unpaired) electrons. The Hall–Kier alpha value is -1.87. The van der Waals surface area contributed by atoms with Gasteiger partial charge in [-0.3, -0.25) is 4.79 Å². The predicted molar refractivity (Wildman–Crippen MR) is 77.9 cm³/mol. The van der Waals surface area contributed by atoms with Gasteiger partial charge in [0, 0.05) is 24.5 Å². The topological polar surface area (TPSA) is 33.2 Å². The molecule has 2 aromatic rings. The van der Waals surface area contributed by atoms with Gasteiger partial charge in [0.2, 0.25) is 0 Å². The van der Waals surface area contributed by atoms with Crippen LogP contribution in [-0.2, 0) is 0 Å². The lowest BCUT2D eigenvalue weighted by Crippen LogP contribution is -2.26. The molecule has 0 saturated heterocycles. The average molecular weight is 275 g/mol. The fourth-order valence-electron chi connectivity index (χ4n) is 1.99. The van der Waals surface area contributed by atoms with Crippen LogP contribution in [0.15, 0.2) is 36.5 Å². The molecule has 0 fully saturated rings. The zero-order valence-electron chi connectivity index (χ0n) is 11.1. The lowest BCUT2D eigenvalue weighted by atomic mass is 10.1. The van der Waals surface area contributed by atoms with Crippen molar-refractivity contribution in [2.75, 3.05) is 11.9 Å². The molecule has 0 aliphatic carbocycles. The fourth-order valence-corrected chi connectivity index (χ4v) is 2.16. The number of anilines is 1. The van der Waals surface area contributed by atoms with Crippen molar-refractivity contribution in [2.45, 2.75) is 13.8 Å². The lowest BCUT2D eigenvalue weighted by molar-refractivity contribution is 0.0993. The Labute approximate surface area is 117 Å². The molecule has 3 nitrogen and oxygen atoms in total. The SMILES string of the molecule is Cc1cc(C)cc(N(C)C(=O)c2ccnc(Cl)c2)c1. The van der Waals surface area contributed by atoms with Gasteiger partial charge in [0.05, 0.1) is 0 Å². The molecule has 0 N–H and O–H groups in total. The summed E-state index contributed by atoms with van der Waals surface area (Å²) in [5.41, 5.74) is 3.65. The summed E-state index contributed by atoms with van der Waals surface area (Å²) in [5, 5.41) is 0.319. The largest absolute Gasteiger partial charge is 0.311 e. The van der Waals surface area contributed by atoms with Crippen LogP contribution in [0.25, 0.3) is 0 Å². The van der Waals surface area contributed by atoms with Crippen LogP contribution in [0.5, 0.6) is 0 Å². The van der Waals surface area contributed by atoms with Crippen molar-refractivity contribution < 1.29 is 4.79 Å². The third kappa shape index (κ3) is 3.12. The quantitative estimate of drug-likeness (QED) is 0.784. The standard InChI is InChI=1S/C15H15ClN2O/c1-10-6-11(2)8-13(7-10)18(3)15(19)12-4-5-17-14(16)9-12/h4-9H,1-3H3. The first-order valence-corrected chi connectivity index (χ1v) is 6.33. The second-order valence-electron chi connectivity index (χ2n) is 4.58. The molecular weight excluding hydrogens is 260 g/mol. The van der Waals surface area contributed by atoms with E-state index in [-0.39, 0.29) is 5.91 Å². The van der Waals surface area contributed by atoms with E-state index in [2.05, 4.69) is 11.1 Å². The van der Waals surface area contributed by atoms with E-state index < -0.39 is 0 Å². The van der Waals surface area contributed by atoms with E-state index in [0.717, 1.165) is 16.8 Å². The summed E-state index contributed by atoms with van der Waals surface area (Å²) in [6.45, 7) is 4.02. The number of benzene rings is 1. The van der Waals surface area contributed by atoms with Crippen molar-refractivity contribution in [1.29, 1.82) is 0 Å². The van der Waals surface area contributed by atoms with Crippen molar-refractivity contribution in [3.05, 3.63) is 58.4 Å². The van der Waals surface area contributed by atoms with E-state index >= 15 is 0 Å². The molecule has 0 atom stereocenters. The molecule has 1 amide bonds. The first kappa shape index (κ1) is 13.6. The molecule has 1 aromatic carbocycles. The summed E-state index contributed by atoms with van der Waals surface area (Å²) in [5.74, 6) is -0.102. The zero-order valence-corrected chi connectivity index (χ0v) is 11.9. The Kier molecular flexibility index (Phi) is 3.86. The molecular formula is C15H15ClN2O. The molecule has 4 heteroatoms. The first-order valence-electron chi connectivity index (χ1n) is 5.95. The van der Waals surface area contributed by atoms with Gasteiger partial charge in [-0.25, -0.2) is 4.98 Å². The molecule has 0 unspecified atom stereocenters. The van der Waals surface area contributed by atoms with Crippen molar-refractivity contribution in [2.24, 2.45) is 0 Å². The minimum absolute atomic E-state index is 0.102. The fraction of sp³-hybridized carbons (Fsp3) is 0.200. The third-order valence-electron chi connectivity index (χ3n) is 2.87. The molecule has 1 aromatic heterocycles. The maximum absolute atomic E-state index is 12.4. The van der Waals surface area contributed by atoms with Gasteiger partial charge in [-0.1, -0.05) is 17.7 Å². The zero-order chi connectivity index (χ0) is 14.0.